The third kappa shape index (κ3) is 2.07. The summed E-state index contributed by atoms with van der Waals surface area (Å²) in [6.07, 6.45) is 0.521. The average Bonchev–Trinajstić information content (AvgIpc) is 2.46. The topological polar surface area (TPSA) is 12.0 Å². The lowest BCUT2D eigenvalue weighted by atomic mass is 9.99. The second kappa shape index (κ2) is 3.52. The highest BCUT2D eigenvalue weighted by molar-refractivity contribution is 6.30. The Balaban J connectivity index is 2.17. The first kappa shape index (κ1) is 9.94. The van der Waals surface area contributed by atoms with E-state index >= 15 is 0 Å². The molecule has 1 aliphatic heterocycles. The molecule has 1 saturated heterocycles. The molecule has 0 saturated carbocycles. The summed E-state index contributed by atoms with van der Waals surface area (Å²) in [6, 6.07) is 7.69. The molecule has 2 rings (SSSR count). The Morgan fingerprint density at radius 2 is 2.36 bits per heavy atom. The van der Waals surface area contributed by atoms with Gasteiger partial charge in [-0.15, -0.1) is 0 Å². The van der Waals surface area contributed by atoms with Crippen LogP contribution in [0.25, 0.3) is 0 Å². The zero-order valence-corrected chi connectivity index (χ0v) is 8.81. The molecule has 0 radical (unpaired) electrons. The smallest absolute Gasteiger partial charge is 0.122 e. The summed E-state index contributed by atoms with van der Waals surface area (Å²) in [5.41, 5.74) is -0.0219. The SMILES string of the molecule is CC1(F)CNC(c2cccc(Cl)c2)C1. The van der Waals surface area contributed by atoms with Crippen molar-refractivity contribution in [2.75, 3.05) is 6.54 Å². The van der Waals surface area contributed by atoms with Crippen molar-refractivity contribution in [2.45, 2.75) is 25.1 Å². The summed E-state index contributed by atoms with van der Waals surface area (Å²) in [5.74, 6) is 0. The number of hydrogen-bond acceptors (Lipinski definition) is 1. The van der Waals surface area contributed by atoms with Crippen molar-refractivity contribution in [1.82, 2.24) is 5.32 Å². The van der Waals surface area contributed by atoms with Gasteiger partial charge in [0, 0.05) is 24.0 Å². The van der Waals surface area contributed by atoms with Crippen LogP contribution in [0.4, 0.5) is 4.39 Å². The lowest BCUT2D eigenvalue weighted by Crippen LogP contribution is -2.20. The summed E-state index contributed by atoms with van der Waals surface area (Å²) in [7, 11) is 0. The zero-order chi connectivity index (χ0) is 10.2. The molecule has 1 nitrogen and oxygen atoms in total. The van der Waals surface area contributed by atoms with Crippen LogP contribution in [0.3, 0.4) is 0 Å². The lowest BCUT2D eigenvalue weighted by Gasteiger charge is -2.12. The number of rotatable bonds is 1. The first-order chi connectivity index (χ1) is 6.57. The molecule has 1 heterocycles. The molecule has 0 bridgehead atoms. The minimum Gasteiger partial charge on any atom is -0.307 e. The maximum atomic E-state index is 13.6. The lowest BCUT2D eigenvalue weighted by molar-refractivity contribution is 0.214. The minimum atomic E-state index is -1.09. The van der Waals surface area contributed by atoms with Gasteiger partial charge in [-0.2, -0.15) is 0 Å². The van der Waals surface area contributed by atoms with Gasteiger partial charge in [0.2, 0.25) is 0 Å². The predicted molar refractivity (Wildman–Crippen MR) is 56.3 cm³/mol. The molecule has 0 amide bonds. The van der Waals surface area contributed by atoms with E-state index in [0.717, 1.165) is 5.56 Å². The largest absolute Gasteiger partial charge is 0.307 e. The van der Waals surface area contributed by atoms with Gasteiger partial charge in [0.15, 0.2) is 0 Å². The maximum Gasteiger partial charge on any atom is 0.122 e. The van der Waals surface area contributed by atoms with Crippen LogP contribution in [0.1, 0.15) is 24.9 Å². The van der Waals surface area contributed by atoms with E-state index in [9.17, 15) is 4.39 Å². The molecule has 1 fully saturated rings. The first-order valence-electron chi connectivity index (χ1n) is 4.75. The molecule has 3 heteroatoms. The summed E-state index contributed by atoms with van der Waals surface area (Å²) in [4.78, 5) is 0. The summed E-state index contributed by atoms with van der Waals surface area (Å²) in [6.45, 7) is 2.05. The number of benzene rings is 1. The van der Waals surface area contributed by atoms with Gasteiger partial charge < -0.3 is 5.32 Å². The highest BCUT2D eigenvalue weighted by Gasteiger charge is 2.35. The standard InChI is InChI=1S/C11H13ClFN/c1-11(13)6-10(14-7-11)8-3-2-4-9(12)5-8/h2-5,10,14H,6-7H2,1H3. The molecule has 14 heavy (non-hydrogen) atoms. The van der Waals surface area contributed by atoms with Crippen LogP contribution in [-0.2, 0) is 0 Å². The van der Waals surface area contributed by atoms with Gasteiger partial charge in [0.25, 0.3) is 0 Å². The summed E-state index contributed by atoms with van der Waals surface area (Å²) < 4.78 is 13.6. The quantitative estimate of drug-likeness (QED) is 0.756. The van der Waals surface area contributed by atoms with Crippen LogP contribution >= 0.6 is 11.6 Å². The van der Waals surface area contributed by atoms with Gasteiger partial charge in [-0.3, -0.25) is 0 Å². The van der Waals surface area contributed by atoms with E-state index in [1.54, 1.807) is 6.92 Å². The average molecular weight is 214 g/mol. The molecule has 1 aromatic rings. The van der Waals surface area contributed by atoms with Crippen LogP contribution in [-0.4, -0.2) is 12.2 Å². The van der Waals surface area contributed by atoms with E-state index < -0.39 is 5.67 Å². The Bertz CT molecular complexity index is 338. The zero-order valence-electron chi connectivity index (χ0n) is 8.06. The number of alkyl halides is 1. The molecule has 0 aromatic heterocycles. The minimum absolute atomic E-state index is 0.101. The van der Waals surface area contributed by atoms with Gasteiger partial charge in [-0.05, 0) is 24.6 Å². The predicted octanol–water partition coefficient (Wildman–Crippen LogP) is 3.10. The van der Waals surface area contributed by atoms with E-state index in [1.807, 2.05) is 24.3 Å². The van der Waals surface area contributed by atoms with E-state index in [-0.39, 0.29) is 6.04 Å². The molecule has 0 aliphatic carbocycles. The second-order valence-corrected chi connectivity index (χ2v) is 4.54. The number of hydrogen-bond donors (Lipinski definition) is 1. The molecule has 1 N–H and O–H groups in total. The van der Waals surface area contributed by atoms with Gasteiger partial charge in [0.1, 0.15) is 5.67 Å². The van der Waals surface area contributed by atoms with Crippen LogP contribution in [0, 0.1) is 0 Å². The highest BCUT2D eigenvalue weighted by atomic mass is 35.5. The Kier molecular flexibility index (Phi) is 2.50. The Labute approximate surface area is 88.3 Å². The Morgan fingerprint density at radius 1 is 1.57 bits per heavy atom. The fraction of sp³-hybridized carbons (Fsp3) is 0.455. The van der Waals surface area contributed by atoms with Crippen molar-refractivity contribution < 1.29 is 4.39 Å². The van der Waals surface area contributed by atoms with Gasteiger partial charge >= 0.3 is 0 Å². The molecule has 2 unspecified atom stereocenters. The Hall–Kier alpha value is -0.600. The van der Waals surface area contributed by atoms with Crippen molar-refractivity contribution in [3.05, 3.63) is 34.9 Å². The molecule has 2 atom stereocenters. The monoisotopic (exact) mass is 213 g/mol. The normalized spacial score (nSPS) is 32.1. The molecule has 0 spiro atoms. The first-order valence-corrected chi connectivity index (χ1v) is 5.12. The van der Waals surface area contributed by atoms with Crippen molar-refractivity contribution in [2.24, 2.45) is 0 Å². The number of nitrogens with one attached hydrogen (secondary N) is 1. The third-order valence-corrected chi connectivity index (χ3v) is 2.83. The van der Waals surface area contributed by atoms with Crippen LogP contribution in [0.5, 0.6) is 0 Å². The third-order valence-electron chi connectivity index (χ3n) is 2.60. The van der Waals surface area contributed by atoms with Crippen molar-refractivity contribution in [3.8, 4) is 0 Å². The highest BCUT2D eigenvalue weighted by Crippen LogP contribution is 2.33. The van der Waals surface area contributed by atoms with Gasteiger partial charge in [0.05, 0.1) is 0 Å². The molecular weight excluding hydrogens is 201 g/mol. The van der Waals surface area contributed by atoms with E-state index in [2.05, 4.69) is 5.32 Å². The maximum absolute atomic E-state index is 13.6. The molecule has 1 aliphatic rings. The fourth-order valence-corrected chi connectivity index (χ4v) is 2.06. The summed E-state index contributed by atoms with van der Waals surface area (Å²) >= 11 is 5.87. The van der Waals surface area contributed by atoms with E-state index in [1.165, 1.54) is 0 Å². The molecule has 1 aromatic carbocycles. The van der Waals surface area contributed by atoms with Crippen molar-refractivity contribution >= 4 is 11.6 Å². The summed E-state index contributed by atoms with van der Waals surface area (Å²) in [5, 5.41) is 3.86. The van der Waals surface area contributed by atoms with Crippen molar-refractivity contribution in [1.29, 1.82) is 0 Å². The van der Waals surface area contributed by atoms with Crippen LogP contribution in [0.2, 0.25) is 5.02 Å². The van der Waals surface area contributed by atoms with E-state index in [0.29, 0.717) is 18.0 Å². The van der Waals surface area contributed by atoms with Gasteiger partial charge in [-0.25, -0.2) is 4.39 Å². The van der Waals surface area contributed by atoms with Crippen LogP contribution in [0.15, 0.2) is 24.3 Å². The van der Waals surface area contributed by atoms with Crippen LogP contribution < -0.4 is 5.32 Å². The fourth-order valence-electron chi connectivity index (χ4n) is 1.86. The second-order valence-electron chi connectivity index (χ2n) is 4.11. The molecular formula is C11H13ClFN. The Morgan fingerprint density at radius 3 is 2.93 bits per heavy atom. The van der Waals surface area contributed by atoms with Crippen molar-refractivity contribution in [3.63, 3.8) is 0 Å². The van der Waals surface area contributed by atoms with E-state index in [4.69, 9.17) is 11.6 Å². The molecule has 76 valence electrons. The number of halogens is 2. The van der Waals surface area contributed by atoms with Gasteiger partial charge in [-0.1, -0.05) is 23.7 Å².